The lowest BCUT2D eigenvalue weighted by atomic mass is 10.2. The Morgan fingerprint density at radius 1 is 0.458 bits per heavy atom. The predicted octanol–water partition coefficient (Wildman–Crippen LogP) is 10.4. The third-order valence-corrected chi connectivity index (χ3v) is 10.7. The number of nitrogens with two attached hydrogens (primary N) is 2. The van der Waals surface area contributed by atoms with Crippen molar-refractivity contribution in [3.63, 3.8) is 0 Å². The molecule has 6 aromatic heterocycles. The first-order valence-corrected chi connectivity index (χ1v) is 22.1. The molecule has 6 heterocycles. The van der Waals surface area contributed by atoms with Crippen LogP contribution in [-0.4, -0.2) is 60.5 Å². The zero-order chi connectivity index (χ0) is 51.3. The Hall–Kier alpha value is -9.93. The topological polar surface area (TPSA) is 291 Å². The van der Waals surface area contributed by atoms with E-state index in [1.54, 1.807) is 110 Å². The highest BCUT2D eigenvalue weighted by molar-refractivity contribution is 6.35. The lowest BCUT2D eigenvalue weighted by molar-refractivity contribution is 0.475. The van der Waals surface area contributed by atoms with Crippen LogP contribution >= 0.6 is 11.6 Å². The summed E-state index contributed by atoms with van der Waals surface area (Å²) in [6.45, 7) is 1.95. The van der Waals surface area contributed by atoms with E-state index in [0.717, 1.165) is 49.3 Å². The first-order chi connectivity index (χ1) is 34.6. The van der Waals surface area contributed by atoms with Gasteiger partial charge in [0.2, 0.25) is 0 Å². The number of phenols is 6. The van der Waals surface area contributed by atoms with Crippen molar-refractivity contribution in [2.24, 2.45) is 0 Å². The van der Waals surface area contributed by atoms with Crippen molar-refractivity contribution in [2.45, 2.75) is 6.92 Å². The molecule has 12 rings (SSSR count). The molecule has 16 nitrogen and oxygen atoms in total. The maximum atomic E-state index is 11.3. The first kappa shape index (κ1) is 50.0. The molecule has 0 aliphatic rings. The number of rotatable bonds is 0. The van der Waals surface area contributed by atoms with Crippen LogP contribution in [0, 0.1) is 6.92 Å². The summed E-state index contributed by atoms with van der Waals surface area (Å²) in [5.74, 6) is 2.02. The summed E-state index contributed by atoms with van der Waals surface area (Å²) in [6.07, 6.45) is 4.94. The molecule has 72 heavy (non-hydrogen) atoms. The highest BCUT2D eigenvalue weighted by Gasteiger charge is 2.03. The minimum atomic E-state index is -0.192. The molecule has 12 N–H and O–H groups in total. The second-order valence-electron chi connectivity index (χ2n) is 15.7. The summed E-state index contributed by atoms with van der Waals surface area (Å²) in [5.41, 5.74) is 16.4. The number of H-pyrrole nitrogens is 2. The minimum Gasteiger partial charge on any atom is -0.508 e. The smallest absolute Gasteiger partial charge is 0.191 e. The number of fused-ring (bicyclic) bond motifs is 6. The summed E-state index contributed by atoms with van der Waals surface area (Å²) in [4.78, 5) is 44.8. The van der Waals surface area contributed by atoms with Crippen molar-refractivity contribution in [3.8, 4) is 34.5 Å². The number of hydrogen-bond acceptors (Lipinski definition) is 14. The monoisotopic (exact) mass is 980 g/mol. The molecule has 6 aromatic carbocycles. The Morgan fingerprint density at radius 3 is 1.67 bits per heavy atom. The normalized spacial score (nSPS) is 10.4. The van der Waals surface area contributed by atoms with Gasteiger partial charge in [-0.25, -0.2) is 4.98 Å². The molecule has 0 saturated heterocycles. The number of phenolic OH excluding ortho intramolecular Hbond substituents is 6. The lowest BCUT2D eigenvalue weighted by Crippen LogP contribution is -2.04. The number of pyridine rings is 6. The van der Waals surface area contributed by atoms with Crippen LogP contribution in [0.15, 0.2) is 192 Å². The van der Waals surface area contributed by atoms with Gasteiger partial charge < -0.3 is 52.1 Å². The van der Waals surface area contributed by atoms with Gasteiger partial charge in [0.1, 0.15) is 46.1 Å². The minimum absolute atomic E-state index is 0.0720. The van der Waals surface area contributed by atoms with E-state index in [9.17, 15) is 14.7 Å². The van der Waals surface area contributed by atoms with Crippen LogP contribution in [0.3, 0.4) is 0 Å². The Bertz CT molecular complexity index is 3820. The van der Waals surface area contributed by atoms with Gasteiger partial charge in [-0.3, -0.25) is 24.5 Å². The van der Waals surface area contributed by atoms with Gasteiger partial charge in [0.05, 0.1) is 32.6 Å². The zero-order valence-corrected chi connectivity index (χ0v) is 38.9. The summed E-state index contributed by atoms with van der Waals surface area (Å²) < 4.78 is 0. The Kier molecular flexibility index (Phi) is 15.9. The van der Waals surface area contributed by atoms with Crippen LogP contribution in [0.4, 0.5) is 11.6 Å². The van der Waals surface area contributed by atoms with Gasteiger partial charge in [-0.2, -0.15) is 0 Å². The molecule has 0 spiro atoms. The van der Waals surface area contributed by atoms with E-state index in [4.69, 9.17) is 48.6 Å². The standard InChI is InChI=1S/C10H9NO.C9H6ClNO.C9H8N2O2.C9H8N2O.C9H7NO2.C9H7NO/c1-7-2-3-8-6-9(12)4-5-10(8)11-7;10-8-3-4-11-9-5-6(12)1-2-7(8)9;10-9-4-8(13)6-3-5(12)1-2-7(6)11-9;10-9-4-1-6-5-7(12)2-3-8(6)11-9;11-6-1-2-8-7(5-6)9(12)3-4-10-8;11-8-3-4-9-7(6-8)2-1-5-10-9/h2-6,12H,1H3;1-5,12H;1-4,12H,(H3,10,11,13);1-5,12H,(H2,10,11);1-5,11H,(H,10,12);1-6,11H. The Labute approximate surface area is 414 Å². The molecular weight excluding hydrogens is 936 g/mol. The highest BCUT2D eigenvalue weighted by Crippen LogP contribution is 2.25. The van der Waals surface area contributed by atoms with Crippen LogP contribution < -0.4 is 22.3 Å². The fourth-order valence-corrected chi connectivity index (χ4v) is 7.14. The molecular formula is C55H45ClN8O8. The van der Waals surface area contributed by atoms with Crippen molar-refractivity contribution in [1.82, 2.24) is 29.9 Å². The van der Waals surface area contributed by atoms with Gasteiger partial charge >= 0.3 is 0 Å². The summed E-state index contributed by atoms with van der Waals surface area (Å²) in [7, 11) is 0. The number of aromatic amines is 2. The van der Waals surface area contributed by atoms with E-state index in [2.05, 4.69) is 29.9 Å². The maximum absolute atomic E-state index is 11.3. The van der Waals surface area contributed by atoms with Gasteiger partial charge in [0, 0.05) is 80.3 Å². The van der Waals surface area contributed by atoms with E-state index < -0.39 is 0 Å². The summed E-state index contributed by atoms with van der Waals surface area (Å²) >= 11 is 5.89. The van der Waals surface area contributed by atoms with E-state index >= 15 is 0 Å². The average Bonchev–Trinajstić information content (AvgIpc) is 3.36. The van der Waals surface area contributed by atoms with E-state index in [-0.39, 0.29) is 45.4 Å². The molecule has 12 aromatic rings. The zero-order valence-electron chi connectivity index (χ0n) is 38.1. The second-order valence-corrected chi connectivity index (χ2v) is 16.1. The number of nitrogens with one attached hydrogen (secondary N) is 2. The predicted molar refractivity (Wildman–Crippen MR) is 285 cm³/mol. The summed E-state index contributed by atoms with van der Waals surface area (Å²) in [5, 5.41) is 60.1. The molecule has 0 amide bonds. The van der Waals surface area contributed by atoms with Crippen molar-refractivity contribution in [3.05, 3.63) is 214 Å². The van der Waals surface area contributed by atoms with Crippen LogP contribution in [0.2, 0.25) is 5.02 Å². The quantitative estimate of drug-likeness (QED) is 0.0676. The summed E-state index contributed by atoms with van der Waals surface area (Å²) in [6, 6.07) is 45.0. The van der Waals surface area contributed by atoms with Gasteiger partial charge in [-0.15, -0.1) is 0 Å². The number of nitrogens with zero attached hydrogens (tertiary/aromatic N) is 4. The molecule has 0 fully saturated rings. The van der Waals surface area contributed by atoms with Crippen LogP contribution in [-0.2, 0) is 0 Å². The number of aryl methyl sites for hydroxylation is 1. The first-order valence-electron chi connectivity index (χ1n) is 21.7. The number of halogens is 1. The fourth-order valence-electron chi connectivity index (χ4n) is 6.92. The van der Waals surface area contributed by atoms with E-state index in [1.165, 1.54) is 36.4 Å². The molecule has 0 radical (unpaired) electrons. The van der Waals surface area contributed by atoms with Gasteiger partial charge in [0.25, 0.3) is 0 Å². The maximum Gasteiger partial charge on any atom is 0.191 e. The number of hydrogen-bond donors (Lipinski definition) is 10. The number of aromatic hydroxyl groups is 6. The average molecular weight is 981 g/mol. The van der Waals surface area contributed by atoms with Crippen molar-refractivity contribution >= 4 is 88.7 Å². The third-order valence-electron chi connectivity index (χ3n) is 10.3. The van der Waals surface area contributed by atoms with Crippen molar-refractivity contribution < 1.29 is 30.6 Å². The van der Waals surface area contributed by atoms with Gasteiger partial charge in [-0.05, 0) is 140 Å². The molecule has 360 valence electrons. The molecule has 0 saturated carbocycles. The van der Waals surface area contributed by atoms with Crippen molar-refractivity contribution in [2.75, 3.05) is 11.5 Å². The van der Waals surface area contributed by atoms with E-state index in [1.807, 2.05) is 43.3 Å². The van der Waals surface area contributed by atoms with Crippen molar-refractivity contribution in [1.29, 1.82) is 0 Å². The molecule has 17 heteroatoms. The molecule has 0 aliphatic heterocycles. The molecule has 0 unspecified atom stereocenters. The molecule has 0 bridgehead atoms. The second kappa shape index (κ2) is 22.9. The third kappa shape index (κ3) is 13.4. The molecule has 0 aliphatic carbocycles. The number of anilines is 2. The van der Waals surface area contributed by atoms with E-state index in [0.29, 0.717) is 38.5 Å². The SMILES string of the molecule is Cc1ccc2cc(O)ccc2n1.Nc1cc(=O)c2cc(O)ccc2[nH]1.Nc1ccc2cc(O)ccc2n1.O=c1cc[nH]c2ccc(O)cc12.Oc1ccc2c(Cl)ccnc2c1.Oc1ccc2ncccc2c1. The largest absolute Gasteiger partial charge is 0.508 e. The van der Waals surface area contributed by atoms with Crippen LogP contribution in [0.25, 0.3) is 65.4 Å². The number of aromatic nitrogens is 6. The van der Waals surface area contributed by atoms with Crippen LogP contribution in [0.1, 0.15) is 5.69 Å². The number of nitrogen functional groups attached to an aromatic ring is 2. The lowest BCUT2D eigenvalue weighted by Gasteiger charge is -1.99. The fraction of sp³-hybridized carbons (Fsp3) is 0.0182. The van der Waals surface area contributed by atoms with Gasteiger partial charge in [0.15, 0.2) is 10.9 Å². The number of benzene rings is 6. The Balaban J connectivity index is 0.000000127. The molecule has 0 atom stereocenters. The Morgan fingerprint density at radius 2 is 0.986 bits per heavy atom. The van der Waals surface area contributed by atoms with Crippen LogP contribution in [0.5, 0.6) is 34.5 Å². The van der Waals surface area contributed by atoms with Gasteiger partial charge in [-0.1, -0.05) is 23.7 Å². The highest BCUT2D eigenvalue weighted by atomic mass is 35.5.